The third-order valence-electron chi connectivity index (χ3n) is 4.69. The predicted octanol–water partition coefficient (Wildman–Crippen LogP) is 2.95. The zero-order chi connectivity index (χ0) is 13.5. The smallest absolute Gasteiger partial charge is 0.161 e. The molecule has 104 valence electrons. The van der Waals surface area contributed by atoms with Crippen molar-refractivity contribution < 1.29 is 9.47 Å². The molecular weight excluding hydrogens is 238 g/mol. The van der Waals surface area contributed by atoms with Crippen LogP contribution in [0.1, 0.15) is 38.7 Å². The first-order chi connectivity index (χ1) is 9.13. The third-order valence-corrected chi connectivity index (χ3v) is 4.69. The molecule has 3 nitrogen and oxygen atoms in total. The quantitative estimate of drug-likeness (QED) is 0.907. The van der Waals surface area contributed by atoms with Crippen LogP contribution in [0.4, 0.5) is 0 Å². The summed E-state index contributed by atoms with van der Waals surface area (Å²) in [4.78, 5) is 0. The van der Waals surface area contributed by atoms with Crippen LogP contribution in [0.5, 0.6) is 11.5 Å². The van der Waals surface area contributed by atoms with Crippen LogP contribution in [0.3, 0.4) is 0 Å². The molecule has 0 saturated heterocycles. The fourth-order valence-corrected chi connectivity index (χ4v) is 3.36. The Balaban J connectivity index is 1.80. The van der Waals surface area contributed by atoms with Crippen molar-refractivity contribution in [3.05, 3.63) is 23.8 Å². The molecule has 3 rings (SSSR count). The van der Waals surface area contributed by atoms with E-state index in [9.17, 15) is 0 Å². The lowest BCUT2D eigenvalue weighted by molar-refractivity contribution is 0.0701. The summed E-state index contributed by atoms with van der Waals surface area (Å²) in [6, 6.07) is 7.04. The number of nitrogens with one attached hydrogen (secondary N) is 1. The van der Waals surface area contributed by atoms with Gasteiger partial charge in [0.05, 0.1) is 0 Å². The summed E-state index contributed by atoms with van der Waals surface area (Å²) < 4.78 is 11.3. The summed E-state index contributed by atoms with van der Waals surface area (Å²) in [5.41, 5.74) is 1.68. The number of benzene rings is 1. The molecule has 1 fully saturated rings. The minimum atomic E-state index is 0.305. The third kappa shape index (κ3) is 2.10. The molecule has 19 heavy (non-hydrogen) atoms. The molecule has 2 aliphatic rings. The maximum absolute atomic E-state index is 5.68. The standard InChI is InChI=1S/C16H23NO2/c1-4-17-15-10-12(16(15,2)3)11-5-6-13-14(9-11)19-8-7-18-13/h5-6,9,12,15,17H,4,7-8,10H2,1-3H3. The normalized spacial score (nSPS) is 27.7. The van der Waals surface area contributed by atoms with Gasteiger partial charge in [0, 0.05) is 6.04 Å². The highest BCUT2D eigenvalue weighted by atomic mass is 16.6. The molecule has 1 aromatic rings. The van der Waals surface area contributed by atoms with E-state index in [1.807, 2.05) is 0 Å². The summed E-state index contributed by atoms with van der Waals surface area (Å²) in [6.45, 7) is 9.24. The Morgan fingerprint density at radius 2 is 1.95 bits per heavy atom. The fourth-order valence-electron chi connectivity index (χ4n) is 3.36. The fraction of sp³-hybridized carbons (Fsp3) is 0.625. The summed E-state index contributed by atoms with van der Waals surface area (Å²) in [6.07, 6.45) is 1.21. The monoisotopic (exact) mass is 261 g/mol. The second-order valence-corrected chi connectivity index (χ2v) is 6.12. The van der Waals surface area contributed by atoms with Crippen LogP contribution >= 0.6 is 0 Å². The van der Waals surface area contributed by atoms with Crippen molar-refractivity contribution in [2.45, 2.75) is 39.2 Å². The Morgan fingerprint density at radius 3 is 2.63 bits per heavy atom. The van der Waals surface area contributed by atoms with Crippen LogP contribution < -0.4 is 14.8 Å². The first-order valence-corrected chi connectivity index (χ1v) is 7.26. The van der Waals surface area contributed by atoms with Crippen LogP contribution in [0, 0.1) is 5.41 Å². The van der Waals surface area contributed by atoms with E-state index in [-0.39, 0.29) is 0 Å². The van der Waals surface area contributed by atoms with Gasteiger partial charge in [0.2, 0.25) is 0 Å². The molecule has 0 amide bonds. The summed E-state index contributed by atoms with van der Waals surface area (Å²) in [7, 11) is 0. The zero-order valence-electron chi connectivity index (χ0n) is 12.0. The Bertz CT molecular complexity index is 470. The number of ether oxygens (including phenoxy) is 2. The molecule has 0 aromatic heterocycles. The van der Waals surface area contributed by atoms with Crippen LogP contribution in [-0.2, 0) is 0 Å². The number of fused-ring (bicyclic) bond motifs is 1. The molecule has 0 spiro atoms. The SMILES string of the molecule is CCNC1CC(c2ccc3c(c2)OCCO3)C1(C)C. The Morgan fingerprint density at radius 1 is 1.21 bits per heavy atom. The Kier molecular flexibility index (Phi) is 3.17. The average molecular weight is 261 g/mol. The summed E-state index contributed by atoms with van der Waals surface area (Å²) in [5, 5.41) is 3.58. The molecule has 0 radical (unpaired) electrons. The topological polar surface area (TPSA) is 30.5 Å². The largest absolute Gasteiger partial charge is 0.486 e. The lowest BCUT2D eigenvalue weighted by Gasteiger charge is -2.53. The first-order valence-electron chi connectivity index (χ1n) is 7.26. The van der Waals surface area contributed by atoms with Gasteiger partial charge < -0.3 is 14.8 Å². The van der Waals surface area contributed by atoms with Crippen molar-refractivity contribution in [1.29, 1.82) is 0 Å². The summed E-state index contributed by atoms with van der Waals surface area (Å²) >= 11 is 0. The van der Waals surface area contributed by atoms with Crippen molar-refractivity contribution in [3.8, 4) is 11.5 Å². The lowest BCUT2D eigenvalue weighted by Crippen LogP contribution is -2.55. The van der Waals surface area contributed by atoms with Gasteiger partial charge in [-0.15, -0.1) is 0 Å². The van der Waals surface area contributed by atoms with E-state index in [0.29, 0.717) is 30.6 Å². The molecule has 1 saturated carbocycles. The zero-order valence-corrected chi connectivity index (χ0v) is 12.0. The highest BCUT2D eigenvalue weighted by molar-refractivity contribution is 5.46. The molecule has 2 atom stereocenters. The van der Waals surface area contributed by atoms with Gasteiger partial charge in [-0.3, -0.25) is 0 Å². The highest BCUT2D eigenvalue weighted by Gasteiger charge is 2.48. The maximum Gasteiger partial charge on any atom is 0.161 e. The van der Waals surface area contributed by atoms with E-state index < -0.39 is 0 Å². The van der Waals surface area contributed by atoms with Crippen LogP contribution in [0.15, 0.2) is 18.2 Å². The van der Waals surface area contributed by atoms with E-state index >= 15 is 0 Å². The van der Waals surface area contributed by atoms with Crippen molar-refractivity contribution >= 4 is 0 Å². The number of hydrogen-bond acceptors (Lipinski definition) is 3. The number of rotatable bonds is 3. The second-order valence-electron chi connectivity index (χ2n) is 6.12. The van der Waals surface area contributed by atoms with Gasteiger partial charge in [-0.05, 0) is 42.0 Å². The van der Waals surface area contributed by atoms with E-state index in [1.165, 1.54) is 12.0 Å². The van der Waals surface area contributed by atoms with Crippen molar-refractivity contribution in [1.82, 2.24) is 5.32 Å². The van der Waals surface area contributed by atoms with Gasteiger partial charge in [0.1, 0.15) is 13.2 Å². The molecule has 1 N–H and O–H groups in total. The lowest BCUT2D eigenvalue weighted by atomic mass is 9.56. The van der Waals surface area contributed by atoms with Gasteiger partial charge >= 0.3 is 0 Å². The molecule has 2 unspecified atom stereocenters. The maximum atomic E-state index is 5.68. The van der Waals surface area contributed by atoms with Crippen LogP contribution in [0.2, 0.25) is 0 Å². The van der Waals surface area contributed by atoms with E-state index in [1.54, 1.807) is 0 Å². The Labute approximate surface area is 115 Å². The van der Waals surface area contributed by atoms with Crippen molar-refractivity contribution in [2.24, 2.45) is 5.41 Å². The van der Waals surface area contributed by atoms with Crippen molar-refractivity contribution in [2.75, 3.05) is 19.8 Å². The number of hydrogen-bond donors (Lipinski definition) is 1. The van der Waals surface area contributed by atoms with Crippen LogP contribution in [0.25, 0.3) is 0 Å². The average Bonchev–Trinajstić information content (AvgIpc) is 2.42. The van der Waals surface area contributed by atoms with Gasteiger partial charge in [0.25, 0.3) is 0 Å². The molecule has 0 bridgehead atoms. The van der Waals surface area contributed by atoms with Gasteiger partial charge in [0.15, 0.2) is 11.5 Å². The van der Waals surface area contributed by atoms with Gasteiger partial charge in [-0.1, -0.05) is 26.8 Å². The second kappa shape index (κ2) is 4.71. The van der Waals surface area contributed by atoms with E-state index in [0.717, 1.165) is 18.0 Å². The van der Waals surface area contributed by atoms with Crippen LogP contribution in [-0.4, -0.2) is 25.8 Å². The molecule has 1 heterocycles. The predicted molar refractivity (Wildman–Crippen MR) is 76.0 cm³/mol. The summed E-state index contributed by atoms with van der Waals surface area (Å²) in [5.74, 6) is 2.40. The van der Waals surface area contributed by atoms with E-state index in [2.05, 4.69) is 44.3 Å². The molecule has 1 aliphatic heterocycles. The molecular formula is C16H23NO2. The van der Waals surface area contributed by atoms with E-state index in [4.69, 9.17) is 9.47 Å². The molecule has 1 aliphatic carbocycles. The van der Waals surface area contributed by atoms with Gasteiger partial charge in [-0.2, -0.15) is 0 Å². The minimum Gasteiger partial charge on any atom is -0.486 e. The molecule has 3 heteroatoms. The molecule has 1 aromatic carbocycles. The van der Waals surface area contributed by atoms with Crippen molar-refractivity contribution in [3.63, 3.8) is 0 Å². The highest BCUT2D eigenvalue weighted by Crippen LogP contribution is 2.53. The minimum absolute atomic E-state index is 0.305. The Hall–Kier alpha value is -1.22. The van der Waals surface area contributed by atoms with Gasteiger partial charge in [-0.25, -0.2) is 0 Å². The first kappa shape index (κ1) is 12.8.